The summed E-state index contributed by atoms with van der Waals surface area (Å²) in [5.74, 6) is -1.01. The first-order chi connectivity index (χ1) is 23.8. The fraction of sp³-hybridized carbons (Fsp3) is 0.833. The molecule has 6 nitrogen and oxygen atoms in total. The van der Waals surface area contributed by atoms with Gasteiger partial charge in [0.1, 0.15) is 0 Å². The van der Waals surface area contributed by atoms with Crippen LogP contribution in [0.5, 0.6) is 0 Å². The molecule has 0 aromatic rings. The molecule has 0 aromatic carbocycles. The minimum Gasteiger partial charge on any atom is -0.387 e. The first-order valence-corrected chi connectivity index (χ1v) is 22.3. The van der Waals surface area contributed by atoms with E-state index in [9.17, 15) is 22.9 Å². The molecule has 0 radical (unpaired) electrons. The van der Waals surface area contributed by atoms with E-state index < -0.39 is 28.0 Å². The predicted molar refractivity (Wildman–Crippen MR) is 212 cm³/mol. The lowest BCUT2D eigenvalue weighted by molar-refractivity contribution is -0.122. The number of carbonyl (C=O) groups is 1. The van der Waals surface area contributed by atoms with Crippen molar-refractivity contribution in [1.29, 1.82) is 0 Å². The van der Waals surface area contributed by atoms with Gasteiger partial charge in [0.05, 0.1) is 17.9 Å². The summed E-state index contributed by atoms with van der Waals surface area (Å²) in [6.07, 6.45) is 47.1. The highest BCUT2D eigenvalue weighted by molar-refractivity contribution is 7.85. The number of amides is 1. The Kier molecular flexibility index (Phi) is 35.3. The molecule has 49 heavy (non-hydrogen) atoms. The van der Waals surface area contributed by atoms with Crippen LogP contribution in [-0.4, -0.2) is 41.9 Å². The molecule has 0 aromatic heterocycles. The van der Waals surface area contributed by atoms with Gasteiger partial charge >= 0.3 is 0 Å². The fourth-order valence-electron chi connectivity index (χ4n) is 6.17. The number of rotatable bonds is 37. The number of allylic oxidation sites excluding steroid dienone is 5. The van der Waals surface area contributed by atoms with Gasteiger partial charge in [0.25, 0.3) is 10.1 Å². The zero-order chi connectivity index (χ0) is 36.1. The Balaban J connectivity index is 3.96. The van der Waals surface area contributed by atoms with E-state index in [0.29, 0.717) is 6.42 Å². The van der Waals surface area contributed by atoms with Gasteiger partial charge in [-0.15, -0.1) is 0 Å². The second-order valence-electron chi connectivity index (χ2n) is 14.3. The zero-order valence-electron chi connectivity index (χ0n) is 32.1. The molecule has 0 aliphatic heterocycles. The highest BCUT2D eigenvalue weighted by Crippen LogP contribution is 2.14. The smallest absolute Gasteiger partial charge is 0.267 e. The maximum Gasteiger partial charge on any atom is 0.267 e. The Morgan fingerprint density at radius 3 is 1.29 bits per heavy atom. The molecule has 3 N–H and O–H groups in total. The number of nitrogens with one attached hydrogen (secondary N) is 1. The Morgan fingerprint density at radius 1 is 0.531 bits per heavy atom. The maximum atomic E-state index is 12.5. The molecular weight excluding hydrogens is 631 g/mol. The molecule has 2 atom stereocenters. The quantitative estimate of drug-likeness (QED) is 0.0338. The van der Waals surface area contributed by atoms with Gasteiger partial charge in [-0.2, -0.15) is 8.42 Å². The van der Waals surface area contributed by atoms with Crippen LogP contribution in [-0.2, 0) is 14.9 Å². The number of hydrogen-bond acceptors (Lipinski definition) is 4. The lowest BCUT2D eigenvalue weighted by Gasteiger charge is -2.21. The van der Waals surface area contributed by atoms with Crippen LogP contribution in [0.4, 0.5) is 0 Å². The van der Waals surface area contributed by atoms with Crippen molar-refractivity contribution in [2.75, 3.05) is 5.75 Å². The fourth-order valence-corrected chi connectivity index (χ4v) is 6.90. The third-order valence-electron chi connectivity index (χ3n) is 9.29. The van der Waals surface area contributed by atoms with Crippen molar-refractivity contribution in [3.05, 3.63) is 36.5 Å². The summed E-state index contributed by atoms with van der Waals surface area (Å²) >= 11 is 0. The van der Waals surface area contributed by atoms with Crippen LogP contribution in [0.15, 0.2) is 36.5 Å². The van der Waals surface area contributed by atoms with Gasteiger partial charge < -0.3 is 10.4 Å². The molecule has 0 spiro atoms. The number of unbranched alkanes of at least 4 members (excludes halogenated alkanes) is 25. The number of aliphatic hydroxyl groups is 1. The first-order valence-electron chi connectivity index (χ1n) is 20.7. The minimum atomic E-state index is -4.35. The average molecular weight is 710 g/mol. The minimum absolute atomic E-state index is 0.278. The van der Waals surface area contributed by atoms with Crippen molar-refractivity contribution >= 4 is 16.0 Å². The maximum absolute atomic E-state index is 12.5. The van der Waals surface area contributed by atoms with Gasteiger partial charge in [0.2, 0.25) is 5.91 Å². The monoisotopic (exact) mass is 710 g/mol. The molecule has 0 bridgehead atoms. The normalized spacial score (nSPS) is 13.6. The standard InChI is InChI=1S/C42H79NO5S/c1-3-5-7-9-11-13-15-17-19-20-21-22-23-24-25-27-29-31-33-35-37-41(44)40(39-49(46,47)48)43-42(45)38-36-34-32-30-28-26-18-16-14-12-10-8-6-4-2/h16,18,27,29,35,37,40-41,44H,3-15,17,19-26,28,30-34,36,38-39H2,1-2H3,(H,43,45)(H,46,47,48)/b18-16-,29-27+,37-35+. The van der Waals surface area contributed by atoms with Crippen molar-refractivity contribution in [3.8, 4) is 0 Å². The second kappa shape index (κ2) is 36.4. The number of carbonyl (C=O) groups excluding carboxylic acids is 1. The summed E-state index contributed by atoms with van der Waals surface area (Å²) in [5, 5.41) is 13.2. The largest absolute Gasteiger partial charge is 0.387 e. The van der Waals surface area contributed by atoms with Crippen molar-refractivity contribution in [2.45, 2.75) is 219 Å². The summed E-state index contributed by atoms with van der Waals surface area (Å²) in [7, 11) is -4.35. The van der Waals surface area contributed by atoms with Crippen molar-refractivity contribution < 1.29 is 22.9 Å². The highest BCUT2D eigenvalue weighted by atomic mass is 32.2. The van der Waals surface area contributed by atoms with E-state index >= 15 is 0 Å². The van der Waals surface area contributed by atoms with Crippen LogP contribution in [0.25, 0.3) is 0 Å². The van der Waals surface area contributed by atoms with Gasteiger partial charge in [-0.3, -0.25) is 9.35 Å². The Morgan fingerprint density at radius 2 is 0.878 bits per heavy atom. The Labute approximate surface area is 304 Å². The molecule has 0 heterocycles. The van der Waals surface area contributed by atoms with Gasteiger partial charge in [0.15, 0.2) is 0 Å². The lowest BCUT2D eigenvalue weighted by atomic mass is 10.0. The summed E-state index contributed by atoms with van der Waals surface area (Å²) in [6.45, 7) is 4.51. The topological polar surface area (TPSA) is 104 Å². The van der Waals surface area contributed by atoms with E-state index in [1.165, 1.54) is 134 Å². The van der Waals surface area contributed by atoms with E-state index in [2.05, 4.69) is 43.5 Å². The Bertz CT molecular complexity index is 914. The second-order valence-corrected chi connectivity index (χ2v) is 15.8. The molecule has 1 amide bonds. The van der Waals surface area contributed by atoms with Crippen LogP contribution in [0.2, 0.25) is 0 Å². The van der Waals surface area contributed by atoms with Gasteiger partial charge in [-0.05, 0) is 57.8 Å². The van der Waals surface area contributed by atoms with Crippen LogP contribution in [0.3, 0.4) is 0 Å². The third kappa shape index (κ3) is 37.6. The van der Waals surface area contributed by atoms with E-state index in [0.717, 1.165) is 51.4 Å². The molecule has 0 fully saturated rings. The van der Waals surface area contributed by atoms with Crippen molar-refractivity contribution in [3.63, 3.8) is 0 Å². The summed E-state index contributed by atoms with van der Waals surface area (Å²) in [4.78, 5) is 12.5. The van der Waals surface area contributed by atoms with Crippen LogP contribution in [0, 0.1) is 0 Å². The molecule has 0 saturated heterocycles. The van der Waals surface area contributed by atoms with Gasteiger partial charge in [0, 0.05) is 6.42 Å². The van der Waals surface area contributed by atoms with Crippen LogP contribution < -0.4 is 5.32 Å². The summed E-state index contributed by atoms with van der Waals surface area (Å²) < 4.78 is 32.4. The molecule has 0 aliphatic rings. The van der Waals surface area contributed by atoms with E-state index in [-0.39, 0.29) is 12.3 Å². The zero-order valence-corrected chi connectivity index (χ0v) is 32.9. The third-order valence-corrected chi connectivity index (χ3v) is 10.1. The summed E-state index contributed by atoms with van der Waals surface area (Å²) in [5.41, 5.74) is 0. The van der Waals surface area contributed by atoms with Gasteiger partial charge in [-0.1, -0.05) is 179 Å². The number of hydrogen-bond donors (Lipinski definition) is 3. The molecule has 0 saturated carbocycles. The van der Waals surface area contributed by atoms with Crippen LogP contribution >= 0.6 is 0 Å². The molecular formula is C42H79NO5S. The lowest BCUT2D eigenvalue weighted by Crippen LogP contribution is -2.46. The van der Waals surface area contributed by atoms with Gasteiger partial charge in [-0.25, -0.2) is 0 Å². The first kappa shape index (κ1) is 47.6. The predicted octanol–water partition coefficient (Wildman–Crippen LogP) is 12.1. The summed E-state index contributed by atoms with van der Waals surface area (Å²) in [6, 6.07) is -1.08. The van der Waals surface area contributed by atoms with E-state index in [4.69, 9.17) is 0 Å². The molecule has 7 heteroatoms. The average Bonchev–Trinajstić information content (AvgIpc) is 3.06. The Hall–Kier alpha value is -1.44. The van der Waals surface area contributed by atoms with Crippen LogP contribution in [0.1, 0.15) is 206 Å². The SMILES string of the molecule is CCCCCCC/C=C\CCCCCCCC(=O)NC(CS(=O)(=O)O)C(O)/C=C/CC/C=C/CCCCCCCCCCCCCCCC. The van der Waals surface area contributed by atoms with E-state index in [1.807, 2.05) is 6.08 Å². The highest BCUT2D eigenvalue weighted by Gasteiger charge is 2.24. The number of aliphatic hydroxyl groups excluding tert-OH is 1. The molecule has 0 aliphatic carbocycles. The van der Waals surface area contributed by atoms with E-state index in [1.54, 1.807) is 0 Å². The van der Waals surface area contributed by atoms with Crippen molar-refractivity contribution in [1.82, 2.24) is 5.32 Å². The van der Waals surface area contributed by atoms with Crippen molar-refractivity contribution in [2.24, 2.45) is 0 Å². The molecule has 288 valence electrons. The molecule has 0 rings (SSSR count). The molecule has 2 unspecified atom stereocenters.